The predicted octanol–water partition coefficient (Wildman–Crippen LogP) is 3.16. The zero-order chi connectivity index (χ0) is 16.8. The van der Waals surface area contributed by atoms with Gasteiger partial charge in [-0.3, -0.25) is 4.79 Å². The van der Waals surface area contributed by atoms with Crippen LogP contribution in [0, 0.1) is 0 Å². The molecule has 23 heavy (non-hydrogen) atoms. The summed E-state index contributed by atoms with van der Waals surface area (Å²) < 4.78 is 7.17. The van der Waals surface area contributed by atoms with Crippen LogP contribution in [0.15, 0.2) is 29.4 Å². The minimum atomic E-state index is -0.0727. The lowest BCUT2D eigenvalue weighted by Gasteiger charge is -2.12. The maximum atomic E-state index is 12.1. The highest BCUT2D eigenvalue weighted by Crippen LogP contribution is 2.22. The normalized spacial score (nSPS) is 10.8. The van der Waals surface area contributed by atoms with Crippen molar-refractivity contribution in [2.24, 2.45) is 0 Å². The second kappa shape index (κ2) is 8.01. The van der Waals surface area contributed by atoms with Crippen molar-refractivity contribution in [3.63, 3.8) is 0 Å². The summed E-state index contributed by atoms with van der Waals surface area (Å²) in [5.74, 6) is 1.92. The molecule has 1 amide bonds. The molecule has 6 nitrogen and oxygen atoms in total. The molecule has 0 unspecified atom stereocenters. The van der Waals surface area contributed by atoms with Gasteiger partial charge >= 0.3 is 0 Å². The third-order valence-corrected chi connectivity index (χ3v) is 4.22. The van der Waals surface area contributed by atoms with Crippen LogP contribution < -0.4 is 10.1 Å². The molecule has 1 aromatic heterocycles. The Hall–Kier alpha value is -2.02. The number of nitrogens with one attached hydrogen (secondary N) is 1. The van der Waals surface area contributed by atoms with Gasteiger partial charge in [-0.05, 0) is 38.1 Å². The molecule has 1 N–H and O–H groups in total. The van der Waals surface area contributed by atoms with Crippen molar-refractivity contribution in [3.05, 3.63) is 30.1 Å². The monoisotopic (exact) mass is 334 g/mol. The number of hydrogen-bond acceptors (Lipinski definition) is 5. The van der Waals surface area contributed by atoms with Crippen molar-refractivity contribution in [3.8, 4) is 5.75 Å². The van der Waals surface area contributed by atoms with Gasteiger partial charge in [-0.25, -0.2) is 0 Å². The maximum Gasteiger partial charge on any atom is 0.234 e. The van der Waals surface area contributed by atoms with E-state index in [1.165, 1.54) is 11.8 Å². The highest BCUT2D eigenvalue weighted by Gasteiger charge is 2.15. The number of carbonyl (C=O) groups is 1. The van der Waals surface area contributed by atoms with Crippen molar-refractivity contribution in [1.29, 1.82) is 0 Å². The van der Waals surface area contributed by atoms with Crippen molar-refractivity contribution in [2.45, 2.75) is 38.4 Å². The minimum absolute atomic E-state index is 0.0727. The molecule has 0 atom stereocenters. The number of hydrogen-bond donors (Lipinski definition) is 1. The fraction of sp³-hybridized carbons (Fsp3) is 0.438. The summed E-state index contributed by atoms with van der Waals surface area (Å²) in [5.41, 5.74) is 0.746. The van der Waals surface area contributed by atoms with Crippen molar-refractivity contribution >= 4 is 23.4 Å². The molecule has 0 saturated carbocycles. The van der Waals surface area contributed by atoms with Crippen molar-refractivity contribution < 1.29 is 9.53 Å². The van der Waals surface area contributed by atoms with Crippen LogP contribution in [-0.4, -0.2) is 33.5 Å². The average Bonchev–Trinajstić information content (AvgIpc) is 2.97. The van der Waals surface area contributed by atoms with E-state index in [4.69, 9.17) is 4.74 Å². The zero-order valence-electron chi connectivity index (χ0n) is 13.9. The smallest absolute Gasteiger partial charge is 0.234 e. The van der Waals surface area contributed by atoms with E-state index in [9.17, 15) is 4.79 Å². The van der Waals surface area contributed by atoms with Gasteiger partial charge in [0, 0.05) is 18.2 Å². The lowest BCUT2D eigenvalue weighted by Crippen LogP contribution is -2.15. The fourth-order valence-corrected chi connectivity index (χ4v) is 3.05. The molecule has 0 fully saturated rings. The van der Waals surface area contributed by atoms with Crippen LogP contribution in [0.3, 0.4) is 0 Å². The molecule has 0 saturated heterocycles. The van der Waals surface area contributed by atoms with E-state index in [-0.39, 0.29) is 11.9 Å². The van der Waals surface area contributed by atoms with Crippen molar-refractivity contribution in [1.82, 2.24) is 14.8 Å². The largest absolute Gasteiger partial charge is 0.497 e. The van der Waals surface area contributed by atoms with Gasteiger partial charge in [0.1, 0.15) is 11.6 Å². The summed E-state index contributed by atoms with van der Waals surface area (Å²) in [6.45, 7) is 6.22. The molecular weight excluding hydrogens is 312 g/mol. The first-order valence-electron chi connectivity index (χ1n) is 7.55. The quantitative estimate of drug-likeness (QED) is 0.788. The van der Waals surface area contributed by atoms with Gasteiger partial charge in [0.2, 0.25) is 5.91 Å². The molecular formula is C16H22N4O2S. The summed E-state index contributed by atoms with van der Waals surface area (Å²) >= 11 is 1.40. The van der Waals surface area contributed by atoms with Gasteiger partial charge < -0.3 is 14.6 Å². The Morgan fingerprint density at radius 3 is 2.57 bits per heavy atom. The zero-order valence-corrected chi connectivity index (χ0v) is 14.7. The van der Waals surface area contributed by atoms with Crippen LogP contribution in [-0.2, 0) is 11.2 Å². The Balaban J connectivity index is 1.95. The van der Waals surface area contributed by atoms with Crippen LogP contribution >= 0.6 is 11.8 Å². The van der Waals surface area contributed by atoms with Crippen LogP contribution in [0.25, 0.3) is 0 Å². The van der Waals surface area contributed by atoms with E-state index >= 15 is 0 Å². The van der Waals surface area contributed by atoms with E-state index in [2.05, 4.69) is 33.9 Å². The maximum absolute atomic E-state index is 12.1. The molecule has 124 valence electrons. The lowest BCUT2D eigenvalue weighted by molar-refractivity contribution is -0.113. The molecule has 1 heterocycles. The average molecular weight is 334 g/mol. The van der Waals surface area contributed by atoms with Crippen LogP contribution in [0.2, 0.25) is 0 Å². The summed E-state index contributed by atoms with van der Waals surface area (Å²) in [6.07, 6.45) is 0.823. The Kier molecular flexibility index (Phi) is 6.04. The number of aromatic nitrogens is 3. The van der Waals surface area contributed by atoms with Gasteiger partial charge in [0.15, 0.2) is 5.16 Å². The topological polar surface area (TPSA) is 69.0 Å². The minimum Gasteiger partial charge on any atom is -0.497 e. The van der Waals surface area contributed by atoms with Crippen molar-refractivity contribution in [2.75, 3.05) is 18.2 Å². The molecule has 0 radical (unpaired) electrons. The fourth-order valence-electron chi connectivity index (χ4n) is 2.17. The molecule has 0 aliphatic carbocycles. The number of aryl methyl sites for hydroxylation is 1. The first kappa shape index (κ1) is 17.3. The highest BCUT2D eigenvalue weighted by atomic mass is 32.2. The first-order chi connectivity index (χ1) is 11.0. The van der Waals surface area contributed by atoms with Gasteiger partial charge in [0.05, 0.1) is 12.9 Å². The number of anilines is 1. The van der Waals surface area contributed by atoms with Gasteiger partial charge in [0.25, 0.3) is 0 Å². The third kappa shape index (κ3) is 4.48. The Morgan fingerprint density at radius 1 is 1.30 bits per heavy atom. The number of rotatable bonds is 7. The second-order valence-corrected chi connectivity index (χ2v) is 6.22. The Morgan fingerprint density at radius 2 is 2.00 bits per heavy atom. The van der Waals surface area contributed by atoms with Crippen LogP contribution in [0.5, 0.6) is 5.75 Å². The Bertz CT molecular complexity index is 653. The third-order valence-electron chi connectivity index (χ3n) is 3.27. The molecule has 2 aromatic rings. The van der Waals surface area contributed by atoms with Gasteiger partial charge in [-0.1, -0.05) is 18.7 Å². The molecule has 0 aliphatic heterocycles. The summed E-state index contributed by atoms with van der Waals surface area (Å²) in [5, 5.41) is 12.0. The number of carbonyl (C=O) groups excluding carboxylic acids is 1. The second-order valence-electron chi connectivity index (χ2n) is 5.28. The molecule has 7 heteroatoms. The van der Waals surface area contributed by atoms with Gasteiger partial charge in [-0.2, -0.15) is 0 Å². The number of ether oxygens (including phenoxy) is 1. The van der Waals surface area contributed by atoms with E-state index < -0.39 is 0 Å². The molecule has 2 rings (SSSR count). The van der Waals surface area contributed by atoms with Crippen LogP contribution in [0.1, 0.15) is 32.6 Å². The molecule has 0 spiro atoms. The number of amides is 1. The summed E-state index contributed by atoms with van der Waals surface area (Å²) in [4.78, 5) is 12.1. The number of nitrogens with zero attached hydrogens (tertiary/aromatic N) is 3. The van der Waals surface area contributed by atoms with Crippen LogP contribution in [0.4, 0.5) is 5.69 Å². The van der Waals surface area contributed by atoms with E-state index in [0.717, 1.165) is 28.8 Å². The SMILES string of the molecule is CCc1nnc(SCC(=O)Nc2ccc(OC)cc2)n1C(C)C. The standard InChI is InChI=1S/C16H22N4O2S/c1-5-14-18-19-16(20(14)11(2)3)23-10-15(21)17-12-6-8-13(22-4)9-7-12/h6-9,11H,5,10H2,1-4H3,(H,17,21). The summed E-state index contributed by atoms with van der Waals surface area (Å²) in [6, 6.07) is 7.52. The molecule has 0 aliphatic rings. The summed E-state index contributed by atoms with van der Waals surface area (Å²) in [7, 11) is 1.61. The van der Waals surface area contributed by atoms with E-state index in [1.54, 1.807) is 7.11 Å². The predicted molar refractivity (Wildman–Crippen MR) is 92.1 cm³/mol. The Labute approximate surface area is 140 Å². The van der Waals surface area contributed by atoms with Gasteiger partial charge in [-0.15, -0.1) is 10.2 Å². The molecule has 1 aromatic carbocycles. The first-order valence-corrected chi connectivity index (χ1v) is 8.54. The number of benzene rings is 1. The van der Waals surface area contributed by atoms with E-state index in [0.29, 0.717) is 5.75 Å². The number of methoxy groups -OCH3 is 1. The van der Waals surface area contributed by atoms with E-state index in [1.807, 2.05) is 31.2 Å². The molecule has 0 bridgehead atoms. The number of thioether (sulfide) groups is 1. The highest BCUT2D eigenvalue weighted by molar-refractivity contribution is 7.99. The lowest BCUT2D eigenvalue weighted by atomic mass is 10.3.